The number of allylic oxidation sites excluding steroid dienone is 4. The summed E-state index contributed by atoms with van der Waals surface area (Å²) in [6.45, 7) is 4.76. The Labute approximate surface area is 468 Å². The first-order chi connectivity index (χ1) is 36.5. The van der Waals surface area contributed by atoms with E-state index in [1.54, 1.807) is 0 Å². The fourth-order valence-corrected chi connectivity index (χ4v) is 11.0. The fourth-order valence-electron chi connectivity index (χ4n) is 10.3. The maximum Gasteiger partial charge on any atom is 0.268 e. The number of unbranched alkanes of at least 4 members (excludes halogenated alkanes) is 45. The predicted molar refractivity (Wildman–Crippen MR) is 325 cm³/mol. The number of phosphoric ester groups is 1. The number of nitrogens with one attached hydrogen (secondary N) is 1. The van der Waals surface area contributed by atoms with Gasteiger partial charge in [-0.05, 0) is 44.9 Å². The van der Waals surface area contributed by atoms with Gasteiger partial charge < -0.3 is 28.8 Å². The number of amides is 1. The molecule has 0 aromatic carbocycles. The molecule has 0 rings (SSSR count). The van der Waals surface area contributed by atoms with Crippen molar-refractivity contribution in [1.82, 2.24) is 5.32 Å². The van der Waals surface area contributed by atoms with Crippen molar-refractivity contribution in [2.75, 3.05) is 40.9 Å². The number of phosphoric acid groups is 1. The van der Waals surface area contributed by atoms with Crippen molar-refractivity contribution in [3.63, 3.8) is 0 Å². The van der Waals surface area contributed by atoms with Crippen LogP contribution in [0.1, 0.15) is 341 Å². The predicted octanol–water partition coefficient (Wildman–Crippen LogP) is 20.1. The van der Waals surface area contributed by atoms with Gasteiger partial charge in [0.1, 0.15) is 13.2 Å². The van der Waals surface area contributed by atoms with Crippen molar-refractivity contribution < 1.29 is 32.9 Å². The standard InChI is InChI=1S/C66H131N2O6P/c1-6-8-10-12-14-16-18-20-22-24-26-28-30-31-32-33-34-35-36-38-39-41-43-45-47-49-51-53-55-57-59-65(69)64(63-74-75(71,72)73-62-61-68(3,4)5)67-66(70)60-58-56-54-52-50-48-46-44-42-40-37-29-27-25-23-21-19-17-15-13-11-9-7-2/h19,21,25,27,64-65,69H,6-18,20,22-24,26,28-63H2,1-5H3,(H-,67,70,71,72)/b21-19-,27-25-. The van der Waals surface area contributed by atoms with Crippen LogP contribution < -0.4 is 10.2 Å². The summed E-state index contributed by atoms with van der Waals surface area (Å²) in [6.07, 6.45) is 73.8. The van der Waals surface area contributed by atoms with Crippen LogP contribution in [0.25, 0.3) is 0 Å². The highest BCUT2D eigenvalue weighted by atomic mass is 31.2. The molecule has 75 heavy (non-hydrogen) atoms. The first-order valence-electron chi connectivity index (χ1n) is 33.2. The molecule has 446 valence electrons. The minimum absolute atomic E-state index is 0.0134. The highest BCUT2D eigenvalue weighted by Gasteiger charge is 2.24. The second-order valence-electron chi connectivity index (χ2n) is 24.2. The Morgan fingerprint density at radius 1 is 0.467 bits per heavy atom. The third-order valence-corrected chi connectivity index (χ3v) is 16.4. The molecule has 3 atom stereocenters. The average Bonchev–Trinajstić information content (AvgIpc) is 3.37. The molecule has 0 fully saturated rings. The van der Waals surface area contributed by atoms with Crippen LogP contribution in [0.5, 0.6) is 0 Å². The quantitative estimate of drug-likeness (QED) is 0.0272. The van der Waals surface area contributed by atoms with Crippen LogP contribution >= 0.6 is 7.82 Å². The van der Waals surface area contributed by atoms with Crippen molar-refractivity contribution in [1.29, 1.82) is 0 Å². The minimum atomic E-state index is -4.58. The Kier molecular flexibility index (Phi) is 56.9. The van der Waals surface area contributed by atoms with Crippen molar-refractivity contribution in [2.24, 2.45) is 0 Å². The van der Waals surface area contributed by atoms with Crippen LogP contribution in [0.4, 0.5) is 0 Å². The van der Waals surface area contributed by atoms with E-state index in [2.05, 4.69) is 43.5 Å². The van der Waals surface area contributed by atoms with Gasteiger partial charge in [-0.1, -0.05) is 314 Å². The van der Waals surface area contributed by atoms with Gasteiger partial charge in [0.25, 0.3) is 7.82 Å². The highest BCUT2D eigenvalue weighted by Crippen LogP contribution is 2.38. The van der Waals surface area contributed by atoms with Crippen LogP contribution in [0, 0.1) is 0 Å². The number of hydrogen-bond acceptors (Lipinski definition) is 6. The summed E-state index contributed by atoms with van der Waals surface area (Å²) in [7, 11) is 1.32. The van der Waals surface area contributed by atoms with E-state index in [-0.39, 0.29) is 19.1 Å². The molecule has 0 aromatic heterocycles. The van der Waals surface area contributed by atoms with Gasteiger partial charge in [-0.15, -0.1) is 0 Å². The summed E-state index contributed by atoms with van der Waals surface area (Å²) < 4.78 is 23.5. The lowest BCUT2D eigenvalue weighted by molar-refractivity contribution is -0.870. The van der Waals surface area contributed by atoms with Gasteiger partial charge in [0, 0.05) is 6.42 Å². The zero-order chi connectivity index (χ0) is 54.9. The third-order valence-electron chi connectivity index (χ3n) is 15.4. The first-order valence-corrected chi connectivity index (χ1v) is 34.6. The summed E-state index contributed by atoms with van der Waals surface area (Å²) in [5.41, 5.74) is 0. The minimum Gasteiger partial charge on any atom is -0.756 e. The van der Waals surface area contributed by atoms with E-state index in [1.165, 1.54) is 270 Å². The lowest BCUT2D eigenvalue weighted by Gasteiger charge is -2.30. The summed E-state index contributed by atoms with van der Waals surface area (Å²) in [6, 6.07) is -0.802. The normalized spacial score (nSPS) is 13.9. The summed E-state index contributed by atoms with van der Waals surface area (Å²) in [4.78, 5) is 25.6. The Balaban J connectivity index is 4.04. The van der Waals surface area contributed by atoms with Crippen LogP contribution in [0.15, 0.2) is 24.3 Å². The highest BCUT2D eigenvalue weighted by molar-refractivity contribution is 7.45. The van der Waals surface area contributed by atoms with Gasteiger partial charge in [0.15, 0.2) is 0 Å². The Bertz CT molecular complexity index is 1270. The van der Waals surface area contributed by atoms with Gasteiger partial charge in [-0.3, -0.25) is 9.36 Å². The molecule has 3 unspecified atom stereocenters. The number of carbonyl (C=O) groups excluding carboxylic acids is 1. The molecule has 0 aliphatic carbocycles. The molecular weight excluding hydrogens is 948 g/mol. The van der Waals surface area contributed by atoms with E-state index in [1.807, 2.05) is 21.1 Å². The summed E-state index contributed by atoms with van der Waals surface area (Å²) in [5, 5.41) is 14.1. The molecule has 9 heteroatoms. The van der Waals surface area contributed by atoms with Crippen LogP contribution in [0.3, 0.4) is 0 Å². The maximum atomic E-state index is 13.0. The maximum absolute atomic E-state index is 13.0. The van der Waals surface area contributed by atoms with Gasteiger partial charge in [-0.25, -0.2) is 0 Å². The first kappa shape index (κ1) is 74.0. The number of aliphatic hydroxyl groups is 1. The molecule has 0 aliphatic heterocycles. The van der Waals surface area contributed by atoms with Gasteiger partial charge in [-0.2, -0.15) is 0 Å². The number of quaternary nitrogens is 1. The molecule has 0 bridgehead atoms. The smallest absolute Gasteiger partial charge is 0.268 e. The van der Waals surface area contributed by atoms with Crippen molar-refractivity contribution in [3.05, 3.63) is 24.3 Å². The Morgan fingerprint density at radius 3 is 1.11 bits per heavy atom. The Morgan fingerprint density at radius 2 is 0.773 bits per heavy atom. The van der Waals surface area contributed by atoms with Gasteiger partial charge in [0.2, 0.25) is 5.91 Å². The third kappa shape index (κ3) is 60.5. The molecule has 2 N–H and O–H groups in total. The van der Waals surface area contributed by atoms with Gasteiger partial charge in [0.05, 0.1) is 39.9 Å². The van der Waals surface area contributed by atoms with E-state index in [9.17, 15) is 19.4 Å². The van der Waals surface area contributed by atoms with E-state index in [0.29, 0.717) is 23.9 Å². The molecule has 0 saturated heterocycles. The summed E-state index contributed by atoms with van der Waals surface area (Å²) >= 11 is 0. The van der Waals surface area contributed by atoms with E-state index in [4.69, 9.17) is 9.05 Å². The molecule has 0 aliphatic rings. The number of nitrogens with zero attached hydrogens (tertiary/aromatic N) is 1. The van der Waals surface area contributed by atoms with Crippen molar-refractivity contribution >= 4 is 13.7 Å². The van der Waals surface area contributed by atoms with Crippen LogP contribution in [-0.4, -0.2) is 68.5 Å². The monoisotopic (exact) mass is 1080 g/mol. The van der Waals surface area contributed by atoms with E-state index in [0.717, 1.165) is 44.9 Å². The van der Waals surface area contributed by atoms with Gasteiger partial charge >= 0.3 is 0 Å². The topological polar surface area (TPSA) is 108 Å². The zero-order valence-corrected chi connectivity index (χ0v) is 51.9. The number of rotatable bonds is 62. The van der Waals surface area contributed by atoms with E-state index < -0.39 is 20.0 Å². The number of likely N-dealkylation sites (N-methyl/N-ethyl adjacent to an activating group) is 1. The van der Waals surface area contributed by atoms with Crippen LogP contribution in [-0.2, 0) is 18.4 Å². The Hall–Kier alpha value is -1.02. The fraction of sp³-hybridized carbons (Fsp3) is 0.924. The lowest BCUT2D eigenvalue weighted by atomic mass is 10.0. The van der Waals surface area contributed by atoms with Crippen LogP contribution in [0.2, 0.25) is 0 Å². The summed E-state index contributed by atoms with van der Waals surface area (Å²) in [5.74, 6) is -0.161. The number of carbonyl (C=O) groups is 1. The number of aliphatic hydroxyl groups excluding tert-OH is 1. The molecular formula is C66H131N2O6P. The largest absolute Gasteiger partial charge is 0.756 e. The second kappa shape index (κ2) is 57.7. The second-order valence-corrected chi connectivity index (χ2v) is 25.6. The average molecular weight is 1080 g/mol. The van der Waals surface area contributed by atoms with Crippen molar-refractivity contribution in [3.8, 4) is 0 Å². The lowest BCUT2D eigenvalue weighted by Crippen LogP contribution is -2.46. The molecule has 0 heterocycles. The van der Waals surface area contributed by atoms with E-state index >= 15 is 0 Å². The molecule has 0 spiro atoms. The molecule has 0 radical (unpaired) electrons. The van der Waals surface area contributed by atoms with Crippen molar-refractivity contribution in [2.45, 2.75) is 353 Å². The molecule has 0 saturated carbocycles. The zero-order valence-electron chi connectivity index (χ0n) is 51.0. The molecule has 8 nitrogen and oxygen atoms in total. The SMILES string of the molecule is CCCCCCC/C=C\C/C=C\CCCCCCCCCCCCCC(=O)NC(COP(=O)([O-])OCC[N+](C)(C)C)C(O)CCCCCCCCCCCCCCCCCCCCCCCCCCCCCCCC. The number of hydrogen-bond donors (Lipinski definition) is 2. The molecule has 1 amide bonds. The molecule has 0 aromatic rings.